The van der Waals surface area contributed by atoms with Gasteiger partial charge in [-0.25, -0.2) is 0 Å². The fourth-order valence-electron chi connectivity index (χ4n) is 2.86. The molecular formula is C19H21NO2S. The largest absolute Gasteiger partial charge is 0.310 e. The summed E-state index contributed by atoms with van der Waals surface area (Å²) in [5, 5.41) is 0. The number of benzene rings is 2. The maximum Gasteiger partial charge on any atom is 0.227 e. The minimum atomic E-state index is -0.990. The lowest BCUT2D eigenvalue weighted by Gasteiger charge is -2.29. The molecule has 0 N–H and O–H groups in total. The van der Waals surface area contributed by atoms with Crippen LogP contribution in [0.2, 0.25) is 0 Å². The molecule has 120 valence electrons. The van der Waals surface area contributed by atoms with Crippen molar-refractivity contribution in [2.75, 3.05) is 17.2 Å². The fourth-order valence-corrected chi connectivity index (χ4v) is 4.07. The molecule has 0 radical (unpaired) electrons. The van der Waals surface area contributed by atoms with E-state index in [0.717, 1.165) is 23.4 Å². The molecule has 0 saturated carbocycles. The van der Waals surface area contributed by atoms with Gasteiger partial charge < -0.3 is 4.90 Å². The van der Waals surface area contributed by atoms with Crippen molar-refractivity contribution < 1.29 is 9.00 Å². The van der Waals surface area contributed by atoms with Gasteiger partial charge in [0.05, 0.1) is 21.4 Å². The second-order valence-corrected chi connectivity index (χ2v) is 7.27. The van der Waals surface area contributed by atoms with Crippen molar-refractivity contribution >= 4 is 22.4 Å². The van der Waals surface area contributed by atoms with Gasteiger partial charge in [-0.1, -0.05) is 43.3 Å². The first kappa shape index (κ1) is 15.9. The Balaban J connectivity index is 1.69. The van der Waals surface area contributed by atoms with E-state index in [4.69, 9.17) is 0 Å². The van der Waals surface area contributed by atoms with Crippen molar-refractivity contribution in [3.8, 4) is 0 Å². The van der Waals surface area contributed by atoms with Crippen molar-refractivity contribution in [3.63, 3.8) is 0 Å². The molecule has 1 aliphatic rings. The lowest BCUT2D eigenvalue weighted by atomic mass is 10.1. The first-order valence-corrected chi connectivity index (χ1v) is 9.36. The Bertz CT molecular complexity index is 724. The van der Waals surface area contributed by atoms with Gasteiger partial charge in [0.2, 0.25) is 5.91 Å². The molecule has 0 spiro atoms. The van der Waals surface area contributed by atoms with Crippen LogP contribution in [0.25, 0.3) is 0 Å². The van der Waals surface area contributed by atoms with Gasteiger partial charge in [0.1, 0.15) is 0 Å². The molecule has 0 saturated heterocycles. The van der Waals surface area contributed by atoms with Crippen LogP contribution in [0.5, 0.6) is 0 Å². The average molecular weight is 327 g/mol. The van der Waals surface area contributed by atoms with Crippen LogP contribution in [-0.4, -0.2) is 22.4 Å². The van der Waals surface area contributed by atoms with Gasteiger partial charge >= 0.3 is 0 Å². The molecule has 3 rings (SSSR count). The minimum Gasteiger partial charge on any atom is -0.310 e. The maximum absolute atomic E-state index is 12.6. The summed E-state index contributed by atoms with van der Waals surface area (Å²) in [6.07, 6.45) is 2.25. The standard InChI is InChI=1S/C19H21NO2S/c1-2-15-7-9-16(10-8-15)11-12-19(21)20-13-14-23(22)18-6-4-3-5-17(18)20/h3-10H,2,11-14H2,1H3. The predicted octanol–water partition coefficient (Wildman–Crippen LogP) is 3.34. The Labute approximate surface area is 139 Å². The lowest BCUT2D eigenvalue weighted by molar-refractivity contribution is -0.118. The zero-order valence-electron chi connectivity index (χ0n) is 13.3. The van der Waals surface area contributed by atoms with Gasteiger partial charge in [0.25, 0.3) is 0 Å². The normalized spacial score (nSPS) is 16.9. The third-order valence-electron chi connectivity index (χ3n) is 4.26. The summed E-state index contributed by atoms with van der Waals surface area (Å²) in [5.74, 6) is 0.627. The van der Waals surface area contributed by atoms with Crippen molar-refractivity contribution in [3.05, 3.63) is 59.7 Å². The number of fused-ring (bicyclic) bond motifs is 1. The second-order valence-electron chi connectivity index (χ2n) is 5.73. The molecule has 2 aromatic rings. The number of para-hydroxylation sites is 1. The molecule has 1 unspecified atom stereocenters. The van der Waals surface area contributed by atoms with Gasteiger partial charge in [-0.05, 0) is 36.1 Å². The molecule has 1 atom stereocenters. The van der Waals surface area contributed by atoms with E-state index in [1.165, 1.54) is 11.1 Å². The predicted molar refractivity (Wildman–Crippen MR) is 94.2 cm³/mol. The fraction of sp³-hybridized carbons (Fsp3) is 0.316. The van der Waals surface area contributed by atoms with Crippen LogP contribution in [-0.2, 0) is 28.4 Å². The number of anilines is 1. The second kappa shape index (κ2) is 7.09. The van der Waals surface area contributed by atoms with Crippen LogP contribution in [0.3, 0.4) is 0 Å². The van der Waals surface area contributed by atoms with Crippen molar-refractivity contribution in [1.82, 2.24) is 0 Å². The zero-order valence-corrected chi connectivity index (χ0v) is 14.1. The Morgan fingerprint density at radius 3 is 2.52 bits per heavy atom. The van der Waals surface area contributed by atoms with E-state index >= 15 is 0 Å². The average Bonchev–Trinajstić information content (AvgIpc) is 2.60. The molecular weight excluding hydrogens is 306 g/mol. The van der Waals surface area contributed by atoms with Crippen molar-refractivity contribution in [1.29, 1.82) is 0 Å². The van der Waals surface area contributed by atoms with E-state index in [0.29, 0.717) is 18.7 Å². The molecule has 23 heavy (non-hydrogen) atoms. The summed E-state index contributed by atoms with van der Waals surface area (Å²) in [5.41, 5.74) is 3.31. The van der Waals surface area contributed by atoms with E-state index < -0.39 is 10.8 Å². The quantitative estimate of drug-likeness (QED) is 0.864. The summed E-state index contributed by atoms with van der Waals surface area (Å²) in [6.45, 7) is 2.67. The number of carbonyl (C=O) groups is 1. The number of rotatable bonds is 4. The smallest absolute Gasteiger partial charge is 0.227 e. The van der Waals surface area contributed by atoms with E-state index in [2.05, 4.69) is 31.2 Å². The van der Waals surface area contributed by atoms with Crippen molar-refractivity contribution in [2.24, 2.45) is 0 Å². The molecule has 1 heterocycles. The summed E-state index contributed by atoms with van der Waals surface area (Å²) in [4.78, 5) is 15.2. The highest BCUT2D eigenvalue weighted by Gasteiger charge is 2.25. The Morgan fingerprint density at radius 2 is 1.78 bits per heavy atom. The Morgan fingerprint density at radius 1 is 1.09 bits per heavy atom. The van der Waals surface area contributed by atoms with Gasteiger partial charge in [-0.2, -0.15) is 0 Å². The number of nitrogens with zero attached hydrogens (tertiary/aromatic N) is 1. The number of aryl methyl sites for hydroxylation is 2. The Hall–Kier alpha value is -1.94. The van der Waals surface area contributed by atoms with Gasteiger partial charge in [0.15, 0.2) is 0 Å². The van der Waals surface area contributed by atoms with E-state index in [-0.39, 0.29) is 5.91 Å². The molecule has 0 fully saturated rings. The molecule has 4 heteroatoms. The minimum absolute atomic E-state index is 0.105. The topological polar surface area (TPSA) is 37.4 Å². The molecule has 1 amide bonds. The van der Waals surface area contributed by atoms with Crippen LogP contribution in [0, 0.1) is 0 Å². The molecule has 3 nitrogen and oxygen atoms in total. The summed E-state index contributed by atoms with van der Waals surface area (Å²) in [7, 11) is -0.990. The molecule has 0 bridgehead atoms. The van der Waals surface area contributed by atoms with Gasteiger partial charge in [-0.3, -0.25) is 9.00 Å². The highest BCUT2D eigenvalue weighted by molar-refractivity contribution is 7.85. The summed E-state index contributed by atoms with van der Waals surface area (Å²) < 4.78 is 12.1. The van der Waals surface area contributed by atoms with E-state index in [1.807, 2.05) is 24.3 Å². The van der Waals surface area contributed by atoms with E-state index in [9.17, 15) is 9.00 Å². The number of amides is 1. The lowest BCUT2D eigenvalue weighted by Crippen LogP contribution is -2.38. The number of hydrogen-bond acceptors (Lipinski definition) is 2. The third-order valence-corrected chi connectivity index (χ3v) is 5.65. The molecule has 0 aliphatic carbocycles. The van der Waals surface area contributed by atoms with Crippen LogP contribution in [0.4, 0.5) is 5.69 Å². The number of carbonyl (C=O) groups excluding carboxylic acids is 1. The first-order chi connectivity index (χ1) is 11.2. The zero-order chi connectivity index (χ0) is 16.2. The van der Waals surface area contributed by atoms with Gasteiger partial charge in [0, 0.05) is 18.7 Å². The molecule has 1 aliphatic heterocycles. The first-order valence-electron chi connectivity index (χ1n) is 8.04. The van der Waals surface area contributed by atoms with E-state index in [1.54, 1.807) is 4.90 Å². The monoisotopic (exact) mass is 327 g/mol. The highest BCUT2D eigenvalue weighted by atomic mass is 32.2. The summed E-state index contributed by atoms with van der Waals surface area (Å²) in [6, 6.07) is 16.0. The van der Waals surface area contributed by atoms with Crippen molar-refractivity contribution in [2.45, 2.75) is 31.1 Å². The molecule has 2 aromatic carbocycles. The highest BCUT2D eigenvalue weighted by Crippen LogP contribution is 2.28. The number of hydrogen-bond donors (Lipinski definition) is 0. The SMILES string of the molecule is CCc1ccc(CCC(=O)N2CCS(=O)c3ccccc32)cc1. The summed E-state index contributed by atoms with van der Waals surface area (Å²) >= 11 is 0. The maximum atomic E-state index is 12.6. The van der Waals surface area contributed by atoms with Crippen LogP contribution in [0.15, 0.2) is 53.4 Å². The third kappa shape index (κ3) is 3.53. The van der Waals surface area contributed by atoms with Gasteiger partial charge in [-0.15, -0.1) is 0 Å². The van der Waals surface area contributed by atoms with Crippen LogP contribution in [0.1, 0.15) is 24.5 Å². The Kier molecular flexibility index (Phi) is 4.91. The molecule has 0 aromatic heterocycles. The van der Waals surface area contributed by atoms with Crippen LogP contribution >= 0.6 is 0 Å². The van der Waals surface area contributed by atoms with Crippen LogP contribution < -0.4 is 4.90 Å².